The number of nitrogens with one attached hydrogen (secondary N) is 2. The maximum atomic E-state index is 12.1. The lowest BCUT2D eigenvalue weighted by molar-refractivity contribution is -0.116. The number of rotatable bonds is 7. The molecule has 146 valence electrons. The molecule has 0 aliphatic heterocycles. The first-order chi connectivity index (χ1) is 14.1. The Morgan fingerprint density at radius 1 is 1.07 bits per heavy atom. The average Bonchev–Trinajstić information content (AvgIpc) is 2.78. The highest BCUT2D eigenvalue weighted by atomic mass is 16.5. The van der Waals surface area contributed by atoms with Crippen LogP contribution in [0.15, 0.2) is 79.1 Å². The topological polar surface area (TPSA) is 80.3 Å². The molecule has 2 amide bonds. The summed E-state index contributed by atoms with van der Waals surface area (Å²) in [4.78, 5) is 28.1. The van der Waals surface area contributed by atoms with Gasteiger partial charge in [-0.3, -0.25) is 14.6 Å². The highest BCUT2D eigenvalue weighted by molar-refractivity contribution is 6.04. The van der Waals surface area contributed by atoms with E-state index in [-0.39, 0.29) is 11.8 Å². The molecule has 0 radical (unpaired) electrons. The van der Waals surface area contributed by atoms with Crippen molar-refractivity contribution in [2.45, 2.75) is 6.54 Å². The molecule has 2 aromatic carbocycles. The summed E-state index contributed by atoms with van der Waals surface area (Å²) in [5.74, 6) is 0.326. The molecule has 2 N–H and O–H groups in total. The van der Waals surface area contributed by atoms with E-state index in [0.717, 1.165) is 16.9 Å². The van der Waals surface area contributed by atoms with Crippen molar-refractivity contribution in [1.29, 1.82) is 0 Å². The van der Waals surface area contributed by atoms with Crippen LogP contribution in [0.2, 0.25) is 0 Å². The standard InChI is InChI=1S/C23H21N3O3/c1-29-21-6-2-4-17(14-21)9-12-22(27)25-15-18-7-10-20(11-8-18)26-23(28)19-5-3-13-24-16-19/h2-14,16H,15H2,1H3,(H,25,27)(H,26,28)/b12-9+. The molecule has 0 unspecified atom stereocenters. The van der Waals surface area contributed by atoms with E-state index in [9.17, 15) is 9.59 Å². The van der Waals surface area contributed by atoms with E-state index < -0.39 is 0 Å². The van der Waals surface area contributed by atoms with E-state index in [1.165, 1.54) is 12.3 Å². The minimum atomic E-state index is -0.221. The number of methoxy groups -OCH3 is 1. The smallest absolute Gasteiger partial charge is 0.257 e. The molecule has 6 heteroatoms. The lowest BCUT2D eigenvalue weighted by Gasteiger charge is -2.07. The summed E-state index contributed by atoms with van der Waals surface area (Å²) >= 11 is 0. The largest absolute Gasteiger partial charge is 0.497 e. The van der Waals surface area contributed by atoms with Gasteiger partial charge in [0.1, 0.15) is 5.75 Å². The van der Waals surface area contributed by atoms with Crippen molar-refractivity contribution in [3.8, 4) is 5.75 Å². The van der Waals surface area contributed by atoms with Gasteiger partial charge in [-0.2, -0.15) is 0 Å². The molecule has 0 bridgehead atoms. The number of anilines is 1. The summed E-state index contributed by atoms with van der Waals surface area (Å²) in [5, 5.41) is 5.64. The van der Waals surface area contributed by atoms with Crippen molar-refractivity contribution in [3.05, 3.63) is 95.8 Å². The van der Waals surface area contributed by atoms with E-state index in [1.807, 2.05) is 36.4 Å². The third-order valence-corrected chi connectivity index (χ3v) is 4.12. The Hall–Kier alpha value is -3.93. The number of pyridine rings is 1. The van der Waals surface area contributed by atoms with Crippen LogP contribution < -0.4 is 15.4 Å². The molecular weight excluding hydrogens is 366 g/mol. The second kappa shape index (κ2) is 9.85. The number of hydrogen-bond donors (Lipinski definition) is 2. The van der Waals surface area contributed by atoms with Gasteiger partial charge in [0.25, 0.3) is 5.91 Å². The average molecular weight is 387 g/mol. The second-order valence-corrected chi connectivity index (χ2v) is 6.22. The van der Waals surface area contributed by atoms with Crippen LogP contribution >= 0.6 is 0 Å². The van der Waals surface area contributed by atoms with Crippen LogP contribution in [0.4, 0.5) is 5.69 Å². The number of carbonyl (C=O) groups is 2. The number of benzene rings is 2. The van der Waals surface area contributed by atoms with Crippen LogP contribution in [0.1, 0.15) is 21.5 Å². The quantitative estimate of drug-likeness (QED) is 0.606. The fourth-order valence-corrected chi connectivity index (χ4v) is 2.57. The third-order valence-electron chi connectivity index (χ3n) is 4.12. The molecule has 0 aliphatic rings. The number of ether oxygens (including phenoxy) is 1. The minimum absolute atomic E-state index is 0.193. The van der Waals surface area contributed by atoms with Gasteiger partial charge in [0, 0.05) is 30.7 Å². The Kier molecular flexibility index (Phi) is 6.73. The minimum Gasteiger partial charge on any atom is -0.497 e. The van der Waals surface area contributed by atoms with Crippen LogP contribution in [0.5, 0.6) is 5.75 Å². The predicted octanol–water partition coefficient (Wildman–Crippen LogP) is 3.67. The monoisotopic (exact) mass is 387 g/mol. The molecule has 0 saturated heterocycles. The Morgan fingerprint density at radius 2 is 1.90 bits per heavy atom. The van der Waals surface area contributed by atoms with Gasteiger partial charge in [0.2, 0.25) is 5.91 Å². The van der Waals surface area contributed by atoms with Gasteiger partial charge in [-0.05, 0) is 53.6 Å². The zero-order chi connectivity index (χ0) is 20.5. The van der Waals surface area contributed by atoms with Gasteiger partial charge in [-0.15, -0.1) is 0 Å². The van der Waals surface area contributed by atoms with Gasteiger partial charge in [-0.25, -0.2) is 0 Å². The number of hydrogen-bond acceptors (Lipinski definition) is 4. The zero-order valence-corrected chi connectivity index (χ0v) is 16.0. The van der Waals surface area contributed by atoms with E-state index in [4.69, 9.17) is 4.74 Å². The second-order valence-electron chi connectivity index (χ2n) is 6.22. The summed E-state index contributed by atoms with van der Waals surface area (Å²) in [6, 6.07) is 18.2. The zero-order valence-electron chi connectivity index (χ0n) is 16.0. The van der Waals surface area contributed by atoms with E-state index in [2.05, 4.69) is 15.6 Å². The Labute approximate surface area is 169 Å². The SMILES string of the molecule is COc1cccc(/C=C/C(=O)NCc2ccc(NC(=O)c3cccnc3)cc2)c1. The molecule has 6 nitrogen and oxygen atoms in total. The fraction of sp³-hybridized carbons (Fsp3) is 0.0870. The van der Waals surface area contributed by atoms with Crippen molar-refractivity contribution in [3.63, 3.8) is 0 Å². The lowest BCUT2D eigenvalue weighted by atomic mass is 10.2. The predicted molar refractivity (Wildman–Crippen MR) is 113 cm³/mol. The highest BCUT2D eigenvalue weighted by Gasteiger charge is 2.05. The molecule has 0 aliphatic carbocycles. The molecule has 0 saturated carbocycles. The van der Waals surface area contributed by atoms with Crippen molar-refractivity contribution in [1.82, 2.24) is 10.3 Å². The number of carbonyl (C=O) groups excluding carboxylic acids is 2. The third kappa shape index (κ3) is 6.04. The van der Waals surface area contributed by atoms with Gasteiger partial charge in [0.05, 0.1) is 12.7 Å². The first-order valence-corrected chi connectivity index (χ1v) is 9.04. The molecule has 0 atom stereocenters. The molecule has 1 heterocycles. The maximum Gasteiger partial charge on any atom is 0.257 e. The molecule has 0 spiro atoms. The van der Waals surface area contributed by atoms with Crippen LogP contribution in [-0.4, -0.2) is 23.9 Å². The number of aromatic nitrogens is 1. The van der Waals surface area contributed by atoms with E-state index in [0.29, 0.717) is 17.8 Å². The number of nitrogens with zero attached hydrogens (tertiary/aromatic N) is 1. The summed E-state index contributed by atoms with van der Waals surface area (Å²) in [6.45, 7) is 0.387. The van der Waals surface area contributed by atoms with E-state index >= 15 is 0 Å². The van der Waals surface area contributed by atoms with Gasteiger partial charge < -0.3 is 15.4 Å². The fourth-order valence-electron chi connectivity index (χ4n) is 2.57. The first kappa shape index (κ1) is 19.8. The Bertz CT molecular complexity index is 999. The molecule has 3 aromatic rings. The van der Waals surface area contributed by atoms with Crippen LogP contribution in [-0.2, 0) is 11.3 Å². The highest BCUT2D eigenvalue weighted by Crippen LogP contribution is 2.14. The maximum absolute atomic E-state index is 12.1. The van der Waals surface area contributed by atoms with Gasteiger partial charge >= 0.3 is 0 Å². The van der Waals surface area contributed by atoms with Gasteiger partial charge in [0.15, 0.2) is 0 Å². The number of amides is 2. The summed E-state index contributed by atoms with van der Waals surface area (Å²) < 4.78 is 5.16. The lowest BCUT2D eigenvalue weighted by Crippen LogP contribution is -2.20. The summed E-state index contributed by atoms with van der Waals surface area (Å²) in [5.41, 5.74) is 2.97. The van der Waals surface area contributed by atoms with Crippen LogP contribution in [0, 0.1) is 0 Å². The van der Waals surface area contributed by atoms with Crippen LogP contribution in [0.25, 0.3) is 6.08 Å². The molecular formula is C23H21N3O3. The Balaban J connectivity index is 1.50. The van der Waals surface area contributed by atoms with Crippen molar-refractivity contribution in [2.24, 2.45) is 0 Å². The van der Waals surface area contributed by atoms with Gasteiger partial charge in [-0.1, -0.05) is 24.3 Å². The van der Waals surface area contributed by atoms with E-state index in [1.54, 1.807) is 43.6 Å². The molecule has 29 heavy (non-hydrogen) atoms. The molecule has 0 fully saturated rings. The normalized spacial score (nSPS) is 10.5. The molecule has 1 aromatic heterocycles. The molecule has 3 rings (SSSR count). The van der Waals surface area contributed by atoms with Crippen molar-refractivity contribution >= 4 is 23.6 Å². The first-order valence-electron chi connectivity index (χ1n) is 9.04. The van der Waals surface area contributed by atoms with Crippen LogP contribution in [0.3, 0.4) is 0 Å². The van der Waals surface area contributed by atoms with Crippen molar-refractivity contribution < 1.29 is 14.3 Å². The van der Waals surface area contributed by atoms with Crippen molar-refractivity contribution in [2.75, 3.05) is 12.4 Å². The Morgan fingerprint density at radius 3 is 2.62 bits per heavy atom. The summed E-state index contributed by atoms with van der Waals surface area (Å²) in [6.07, 6.45) is 6.34. The summed E-state index contributed by atoms with van der Waals surface area (Å²) in [7, 11) is 1.60.